The topological polar surface area (TPSA) is 92.0 Å². The number of rotatable bonds is 12. The Balaban J connectivity index is 3.83. The average Bonchev–Trinajstić information content (AvgIpc) is 2.45. The van der Waals surface area contributed by atoms with Crippen molar-refractivity contribution in [3.63, 3.8) is 0 Å². The molecule has 7 heteroatoms. The number of hydrogen-bond acceptors (Lipinski definition) is 6. The second kappa shape index (κ2) is 11.0. The van der Waals surface area contributed by atoms with Gasteiger partial charge < -0.3 is 30.0 Å². The summed E-state index contributed by atoms with van der Waals surface area (Å²) in [7, 11) is 0. The third-order valence-electron chi connectivity index (χ3n) is 3.18. The van der Waals surface area contributed by atoms with Crippen molar-refractivity contribution in [2.24, 2.45) is 5.73 Å². The Morgan fingerprint density at radius 3 is 2.12 bits per heavy atom. The summed E-state index contributed by atoms with van der Waals surface area (Å²) in [6, 6.07) is 0. The molecule has 0 aliphatic carbocycles. The molecule has 0 heterocycles. The molecule has 0 aliphatic rings. The predicted molar refractivity (Wildman–Crippen MR) is 98.8 cm³/mol. The van der Waals surface area contributed by atoms with Crippen LogP contribution in [0.3, 0.4) is 0 Å². The lowest BCUT2D eigenvalue weighted by atomic mass is 10.0. The number of carbonyl (C=O) groups excluding carboxylic acids is 1. The van der Waals surface area contributed by atoms with Crippen LogP contribution < -0.4 is 11.1 Å². The molecule has 0 fully saturated rings. The van der Waals surface area contributed by atoms with Crippen molar-refractivity contribution in [2.75, 3.05) is 39.5 Å². The number of alkyl carbamates (subject to hydrolysis) is 1. The quantitative estimate of drug-likeness (QED) is 0.518. The van der Waals surface area contributed by atoms with Crippen molar-refractivity contribution in [3.8, 4) is 0 Å². The van der Waals surface area contributed by atoms with E-state index in [4.69, 9.17) is 24.7 Å². The fourth-order valence-electron chi connectivity index (χ4n) is 1.78. The van der Waals surface area contributed by atoms with E-state index in [1.807, 2.05) is 48.5 Å². The summed E-state index contributed by atoms with van der Waals surface area (Å²) in [4.78, 5) is 11.5. The molecule has 3 N–H and O–H groups in total. The Labute approximate surface area is 152 Å². The maximum absolute atomic E-state index is 11.5. The van der Waals surface area contributed by atoms with Gasteiger partial charge in [-0.05, 0) is 54.9 Å². The molecule has 0 spiro atoms. The van der Waals surface area contributed by atoms with Crippen LogP contribution >= 0.6 is 0 Å². The van der Waals surface area contributed by atoms with E-state index in [-0.39, 0.29) is 11.2 Å². The highest BCUT2D eigenvalue weighted by Crippen LogP contribution is 2.19. The first-order chi connectivity index (χ1) is 11.4. The Bertz CT molecular complexity index is 378. The van der Waals surface area contributed by atoms with Crippen LogP contribution in [0.5, 0.6) is 0 Å². The third kappa shape index (κ3) is 15.1. The van der Waals surface area contributed by atoms with Gasteiger partial charge in [0.05, 0.1) is 31.0 Å². The number of carbonyl (C=O) groups is 1. The van der Waals surface area contributed by atoms with Gasteiger partial charge in [-0.25, -0.2) is 4.79 Å². The van der Waals surface area contributed by atoms with Gasteiger partial charge in [0.1, 0.15) is 5.60 Å². The molecule has 1 amide bonds. The fourth-order valence-corrected chi connectivity index (χ4v) is 1.78. The van der Waals surface area contributed by atoms with E-state index in [2.05, 4.69) is 5.32 Å². The molecule has 25 heavy (non-hydrogen) atoms. The summed E-state index contributed by atoms with van der Waals surface area (Å²) in [5.41, 5.74) is 4.28. The first-order valence-corrected chi connectivity index (χ1v) is 8.89. The minimum atomic E-state index is -0.492. The van der Waals surface area contributed by atoms with E-state index in [1.54, 1.807) is 0 Å². The summed E-state index contributed by atoms with van der Waals surface area (Å²) >= 11 is 0. The van der Waals surface area contributed by atoms with Crippen molar-refractivity contribution in [1.29, 1.82) is 0 Å². The molecule has 0 aromatic carbocycles. The first kappa shape index (κ1) is 24.1. The van der Waals surface area contributed by atoms with E-state index in [0.717, 1.165) is 6.42 Å². The Hall–Kier alpha value is -0.890. The summed E-state index contributed by atoms with van der Waals surface area (Å²) in [5, 5.41) is 2.66. The number of hydrogen-bond donors (Lipinski definition) is 2. The van der Waals surface area contributed by atoms with Crippen LogP contribution in [0.4, 0.5) is 4.79 Å². The second-order valence-corrected chi connectivity index (χ2v) is 8.24. The molecule has 0 aromatic rings. The highest BCUT2D eigenvalue weighted by Gasteiger charge is 2.25. The van der Waals surface area contributed by atoms with Crippen LogP contribution in [0.15, 0.2) is 0 Å². The minimum Gasteiger partial charge on any atom is -0.444 e. The zero-order valence-corrected chi connectivity index (χ0v) is 17.1. The SMILES string of the molecule is CC(C)(C)OC(=O)NCCOCCC(C)(C)OCC(C)(C)OCCN. The van der Waals surface area contributed by atoms with Gasteiger partial charge in [0, 0.05) is 19.7 Å². The molecule has 0 saturated carbocycles. The van der Waals surface area contributed by atoms with E-state index in [0.29, 0.717) is 39.5 Å². The Morgan fingerprint density at radius 2 is 1.56 bits per heavy atom. The van der Waals surface area contributed by atoms with Crippen LogP contribution in [0.1, 0.15) is 54.9 Å². The van der Waals surface area contributed by atoms with Gasteiger partial charge in [-0.3, -0.25) is 0 Å². The lowest BCUT2D eigenvalue weighted by Crippen LogP contribution is -2.38. The Morgan fingerprint density at radius 1 is 0.920 bits per heavy atom. The van der Waals surface area contributed by atoms with Gasteiger partial charge in [-0.2, -0.15) is 0 Å². The highest BCUT2D eigenvalue weighted by atomic mass is 16.6. The van der Waals surface area contributed by atoms with Gasteiger partial charge in [0.15, 0.2) is 0 Å². The summed E-state index contributed by atoms with van der Waals surface area (Å²) in [6.07, 6.45) is 0.311. The molecule has 0 atom stereocenters. The van der Waals surface area contributed by atoms with Crippen LogP contribution in [0.25, 0.3) is 0 Å². The van der Waals surface area contributed by atoms with Crippen molar-refractivity contribution in [3.05, 3.63) is 0 Å². The largest absolute Gasteiger partial charge is 0.444 e. The van der Waals surface area contributed by atoms with Crippen LogP contribution in [-0.2, 0) is 18.9 Å². The smallest absolute Gasteiger partial charge is 0.407 e. The fraction of sp³-hybridized carbons (Fsp3) is 0.944. The first-order valence-electron chi connectivity index (χ1n) is 8.89. The van der Waals surface area contributed by atoms with Crippen LogP contribution in [0, 0.1) is 0 Å². The molecule has 0 unspecified atom stereocenters. The monoisotopic (exact) mass is 362 g/mol. The van der Waals surface area contributed by atoms with Gasteiger partial charge in [-0.15, -0.1) is 0 Å². The van der Waals surface area contributed by atoms with Crippen molar-refractivity contribution in [2.45, 2.75) is 71.7 Å². The van der Waals surface area contributed by atoms with Crippen LogP contribution in [-0.4, -0.2) is 62.4 Å². The summed E-state index contributed by atoms with van der Waals surface area (Å²) < 4.78 is 22.3. The molecule has 0 bridgehead atoms. The number of nitrogens with two attached hydrogens (primary N) is 1. The highest BCUT2D eigenvalue weighted by molar-refractivity contribution is 5.67. The standard InChI is InChI=1S/C18H38N2O5/c1-16(2,3)25-15(21)20-10-13-22-11-8-17(4,5)24-14-18(6,7)23-12-9-19/h8-14,19H2,1-7H3,(H,20,21). The molecule has 0 radical (unpaired) electrons. The lowest BCUT2D eigenvalue weighted by Gasteiger charge is -2.32. The lowest BCUT2D eigenvalue weighted by molar-refractivity contribution is -0.124. The molecule has 0 aromatic heterocycles. The molecule has 0 saturated heterocycles. The number of nitrogens with one attached hydrogen (secondary N) is 1. The average molecular weight is 363 g/mol. The van der Waals surface area contributed by atoms with E-state index < -0.39 is 11.7 Å². The van der Waals surface area contributed by atoms with Gasteiger partial charge in [0.25, 0.3) is 0 Å². The van der Waals surface area contributed by atoms with E-state index in [9.17, 15) is 4.79 Å². The van der Waals surface area contributed by atoms with Crippen molar-refractivity contribution >= 4 is 6.09 Å². The summed E-state index contributed by atoms with van der Waals surface area (Å²) in [5.74, 6) is 0. The molecule has 0 rings (SSSR count). The molecular formula is C18H38N2O5. The normalized spacial score (nSPS) is 13.0. The predicted octanol–water partition coefficient (Wildman–Crippen LogP) is 2.47. The molecule has 0 aliphatic heterocycles. The zero-order valence-electron chi connectivity index (χ0n) is 17.1. The minimum absolute atomic E-state index is 0.318. The van der Waals surface area contributed by atoms with Gasteiger partial charge >= 0.3 is 6.09 Å². The van der Waals surface area contributed by atoms with Crippen molar-refractivity contribution < 1.29 is 23.7 Å². The molecule has 150 valence electrons. The Kier molecular flexibility index (Phi) is 10.6. The summed E-state index contributed by atoms with van der Waals surface area (Å²) in [6.45, 7) is 16.4. The van der Waals surface area contributed by atoms with Crippen molar-refractivity contribution in [1.82, 2.24) is 5.32 Å². The zero-order chi connectivity index (χ0) is 19.6. The maximum atomic E-state index is 11.5. The second-order valence-electron chi connectivity index (χ2n) is 8.24. The molecule has 7 nitrogen and oxygen atoms in total. The van der Waals surface area contributed by atoms with E-state index >= 15 is 0 Å². The van der Waals surface area contributed by atoms with Gasteiger partial charge in [0.2, 0.25) is 0 Å². The number of ether oxygens (including phenoxy) is 4. The van der Waals surface area contributed by atoms with Gasteiger partial charge in [-0.1, -0.05) is 0 Å². The maximum Gasteiger partial charge on any atom is 0.407 e. The molecular weight excluding hydrogens is 324 g/mol. The number of amides is 1. The van der Waals surface area contributed by atoms with E-state index in [1.165, 1.54) is 0 Å². The van der Waals surface area contributed by atoms with Crippen LogP contribution in [0.2, 0.25) is 0 Å². The third-order valence-corrected chi connectivity index (χ3v) is 3.18.